The minimum atomic E-state index is -5.77. The lowest BCUT2D eigenvalue weighted by molar-refractivity contribution is -0.308. The Hall–Kier alpha value is -2.30. The molecule has 1 saturated carbocycles. The highest BCUT2D eigenvalue weighted by Crippen LogP contribution is 2.59. The van der Waals surface area contributed by atoms with Crippen LogP contribution in [0.4, 0.5) is 36.8 Å². The Morgan fingerprint density at radius 3 is 2.18 bits per heavy atom. The summed E-state index contributed by atoms with van der Waals surface area (Å²) in [5.41, 5.74) is 0.357. The monoisotopic (exact) mass is 501 g/mol. The molecule has 0 aromatic carbocycles. The Kier molecular flexibility index (Phi) is 6.51. The number of likely N-dealkylation sites (tertiary alicyclic amines) is 1. The highest BCUT2D eigenvalue weighted by molar-refractivity contribution is 7.69. The zero-order chi connectivity index (χ0) is 24.8. The molecule has 0 radical (unpaired) electrons. The Balaban J connectivity index is 1.53. The zero-order valence-electron chi connectivity index (χ0n) is 17.7. The Bertz CT molecular complexity index is 938. The van der Waals surface area contributed by atoms with Gasteiger partial charge in [-0.2, -0.15) is 26.3 Å². The van der Waals surface area contributed by atoms with Crippen molar-refractivity contribution in [2.75, 3.05) is 31.7 Å². The van der Waals surface area contributed by atoms with Gasteiger partial charge in [0.05, 0.1) is 17.3 Å². The molecule has 7 nitrogen and oxygen atoms in total. The quantitative estimate of drug-likeness (QED) is 0.498. The van der Waals surface area contributed by atoms with E-state index < -0.39 is 43.0 Å². The van der Waals surface area contributed by atoms with E-state index >= 15 is 0 Å². The number of pyridine rings is 1. The van der Waals surface area contributed by atoms with Crippen LogP contribution in [-0.4, -0.2) is 66.8 Å². The second kappa shape index (κ2) is 8.48. The molecule has 2 aliphatic rings. The third kappa shape index (κ3) is 5.80. The number of nitrogens with zero attached hydrogens (tertiary/aromatic N) is 2. The summed E-state index contributed by atoms with van der Waals surface area (Å²) in [5, 5.41) is 2.70. The van der Waals surface area contributed by atoms with Gasteiger partial charge in [-0.25, -0.2) is 4.79 Å². The third-order valence-electron chi connectivity index (χ3n) is 5.90. The molecule has 1 spiro atoms. The Morgan fingerprint density at radius 1 is 1.15 bits per heavy atom. The van der Waals surface area contributed by atoms with E-state index in [4.69, 9.17) is 0 Å². The molecule has 2 amide bonds. The lowest BCUT2D eigenvalue weighted by atomic mass is 9.91. The summed E-state index contributed by atoms with van der Waals surface area (Å²) >= 11 is 0. The van der Waals surface area contributed by atoms with Crippen LogP contribution in [0.25, 0.3) is 0 Å². The topological polar surface area (TPSA) is 88.6 Å². The Morgan fingerprint density at radius 2 is 1.73 bits per heavy atom. The van der Waals surface area contributed by atoms with Crippen LogP contribution in [0.3, 0.4) is 0 Å². The van der Waals surface area contributed by atoms with Crippen LogP contribution in [0.2, 0.25) is 0 Å². The van der Waals surface area contributed by atoms with Crippen molar-refractivity contribution in [3.05, 3.63) is 18.3 Å². The molecular weight excluding hydrogens is 479 g/mol. The van der Waals surface area contributed by atoms with Gasteiger partial charge < -0.3 is 19.5 Å². The molecule has 1 atom stereocenters. The number of amides is 2. The number of rotatable bonds is 4. The number of hydrogen-bond donors (Lipinski definition) is 1. The summed E-state index contributed by atoms with van der Waals surface area (Å²) in [6.07, 6.45) is -15.1. The largest absolute Gasteiger partial charge is 0.434 e. The molecule has 0 bridgehead atoms. The van der Waals surface area contributed by atoms with Crippen molar-refractivity contribution in [3.63, 3.8) is 0 Å². The summed E-state index contributed by atoms with van der Waals surface area (Å²) in [6, 6.07) is 3.13. The molecule has 1 aromatic heterocycles. The summed E-state index contributed by atoms with van der Waals surface area (Å²) in [5.74, 6) is -0.706. The number of nitrogens with one attached hydrogen (secondary N) is 1. The second-order valence-corrected chi connectivity index (χ2v) is 11.9. The standard InChI is InChI=1S/C19H22F6N3O4P/c1-33(2,31)13-4-3-11(10-26-13)27-14(29)12-9-17(12)5-7-28(8-6-17)16(30)32-15(18(20,21)22)19(23,24)25/h3-4,10,12,15H,5-9H2,1-2H3,(H,27,29)/t12-/m0/s1. The van der Waals surface area contributed by atoms with Gasteiger partial charge in [0, 0.05) is 19.0 Å². The highest BCUT2D eigenvalue weighted by atomic mass is 31.2. The average Bonchev–Trinajstić information content (AvgIpc) is 3.38. The average molecular weight is 501 g/mol. The maximum atomic E-state index is 12.6. The SMILES string of the molecule is CP(C)(=O)c1ccc(NC(=O)[C@@H]2CC23CCN(C(=O)OC(C(F)(F)F)C(F)(F)F)CC3)cn1. The van der Waals surface area contributed by atoms with Gasteiger partial charge in [0.1, 0.15) is 7.14 Å². The van der Waals surface area contributed by atoms with Crippen molar-refractivity contribution in [2.45, 2.75) is 37.7 Å². The summed E-state index contributed by atoms with van der Waals surface area (Å²) in [6.45, 7) is 2.89. The first kappa shape index (κ1) is 25.3. The van der Waals surface area contributed by atoms with Crippen molar-refractivity contribution in [1.29, 1.82) is 0 Å². The predicted octanol–water partition coefficient (Wildman–Crippen LogP) is 4.00. The number of piperidine rings is 1. The van der Waals surface area contributed by atoms with Crippen LogP contribution in [0.5, 0.6) is 0 Å². The minimum Gasteiger partial charge on any atom is -0.426 e. The molecule has 184 valence electrons. The molecule has 0 unspecified atom stereocenters. The molecule has 1 saturated heterocycles. The maximum Gasteiger partial charge on any atom is 0.434 e. The van der Waals surface area contributed by atoms with Crippen molar-refractivity contribution in [3.8, 4) is 0 Å². The maximum absolute atomic E-state index is 12.6. The molecule has 1 aromatic rings. The molecule has 2 heterocycles. The van der Waals surface area contributed by atoms with Crippen LogP contribution < -0.4 is 10.8 Å². The third-order valence-corrected chi connectivity index (χ3v) is 7.27. The van der Waals surface area contributed by atoms with Crippen molar-refractivity contribution >= 4 is 30.3 Å². The van der Waals surface area contributed by atoms with Gasteiger partial charge >= 0.3 is 18.4 Å². The van der Waals surface area contributed by atoms with Gasteiger partial charge in [-0.15, -0.1) is 0 Å². The van der Waals surface area contributed by atoms with Crippen LogP contribution in [0.15, 0.2) is 18.3 Å². The summed E-state index contributed by atoms with van der Waals surface area (Å²) in [4.78, 5) is 29.3. The molecular formula is C19H22F6N3O4P. The van der Waals surface area contributed by atoms with E-state index in [9.17, 15) is 40.5 Å². The van der Waals surface area contributed by atoms with E-state index in [0.717, 1.165) is 4.90 Å². The second-order valence-electron chi connectivity index (χ2n) is 8.70. The van der Waals surface area contributed by atoms with E-state index in [1.807, 2.05) is 0 Å². The zero-order valence-corrected chi connectivity index (χ0v) is 18.6. The van der Waals surface area contributed by atoms with Gasteiger partial charge in [-0.3, -0.25) is 9.78 Å². The van der Waals surface area contributed by atoms with E-state index in [1.165, 1.54) is 6.20 Å². The number of hydrogen-bond acceptors (Lipinski definition) is 5. The van der Waals surface area contributed by atoms with Crippen LogP contribution in [0, 0.1) is 11.3 Å². The number of aromatic nitrogens is 1. The lowest BCUT2D eigenvalue weighted by Crippen LogP contribution is -2.49. The van der Waals surface area contributed by atoms with Gasteiger partial charge in [0.15, 0.2) is 0 Å². The Labute approximate surface area is 185 Å². The van der Waals surface area contributed by atoms with Crippen LogP contribution >= 0.6 is 7.14 Å². The fourth-order valence-corrected chi connectivity index (χ4v) is 4.68. The van der Waals surface area contributed by atoms with E-state index in [0.29, 0.717) is 17.5 Å². The first-order valence-electron chi connectivity index (χ1n) is 9.94. The molecule has 3 rings (SSSR count). The van der Waals surface area contributed by atoms with Crippen molar-refractivity contribution in [2.24, 2.45) is 11.3 Å². The molecule has 1 aliphatic carbocycles. The van der Waals surface area contributed by atoms with Gasteiger partial charge in [-0.1, -0.05) is 0 Å². The minimum absolute atomic E-state index is 0.121. The lowest BCUT2D eigenvalue weighted by Gasteiger charge is -2.33. The molecule has 1 N–H and O–H groups in total. The smallest absolute Gasteiger partial charge is 0.426 e. The number of halogens is 6. The number of ether oxygens (including phenoxy) is 1. The number of anilines is 1. The van der Waals surface area contributed by atoms with Crippen LogP contribution in [0.1, 0.15) is 19.3 Å². The van der Waals surface area contributed by atoms with E-state index in [1.54, 1.807) is 25.5 Å². The first-order valence-corrected chi connectivity index (χ1v) is 12.5. The number of alkyl halides is 6. The summed E-state index contributed by atoms with van der Waals surface area (Å²) in [7, 11) is -2.54. The molecule has 1 aliphatic heterocycles. The summed E-state index contributed by atoms with van der Waals surface area (Å²) < 4.78 is 91.3. The molecule has 33 heavy (non-hydrogen) atoms. The highest BCUT2D eigenvalue weighted by Gasteiger charge is 2.61. The fourth-order valence-electron chi connectivity index (χ4n) is 3.91. The van der Waals surface area contributed by atoms with E-state index in [2.05, 4.69) is 15.0 Å². The fraction of sp³-hybridized carbons (Fsp3) is 0.632. The first-order chi connectivity index (χ1) is 15.0. The molecule has 2 fully saturated rings. The number of carbonyl (C=O) groups is 2. The normalized spacial score (nSPS) is 20.6. The van der Waals surface area contributed by atoms with Gasteiger partial charge in [0.25, 0.3) is 6.10 Å². The molecule has 14 heteroatoms. The van der Waals surface area contributed by atoms with Gasteiger partial charge in [0.2, 0.25) is 5.91 Å². The van der Waals surface area contributed by atoms with Gasteiger partial charge in [-0.05, 0) is 50.1 Å². The predicted molar refractivity (Wildman–Crippen MR) is 106 cm³/mol. The van der Waals surface area contributed by atoms with Crippen LogP contribution in [-0.2, 0) is 14.1 Å². The van der Waals surface area contributed by atoms with Crippen molar-refractivity contribution in [1.82, 2.24) is 9.88 Å². The van der Waals surface area contributed by atoms with Crippen molar-refractivity contribution < 1.29 is 45.2 Å². The number of carbonyl (C=O) groups excluding carboxylic acids is 2. The van der Waals surface area contributed by atoms with E-state index in [-0.39, 0.29) is 31.8 Å².